The van der Waals surface area contributed by atoms with E-state index in [1.54, 1.807) is 19.1 Å². The average molecular weight is 1110 g/mol. The first kappa shape index (κ1) is 55.4. The molecule has 4 N–H and O–H groups in total. The lowest BCUT2D eigenvalue weighted by molar-refractivity contribution is -0.384. The number of sulfonamides is 1. The molecule has 4 fully saturated rings. The van der Waals surface area contributed by atoms with Crippen LogP contribution in [0.4, 0.5) is 30.4 Å². The number of hydrogen-bond donors (Lipinski definition) is 4. The number of benzene rings is 2. The Labute approximate surface area is 457 Å². The number of aliphatic hydroxyl groups is 1. The van der Waals surface area contributed by atoms with Crippen LogP contribution >= 0.6 is 0 Å². The van der Waals surface area contributed by atoms with Gasteiger partial charge in [-0.2, -0.15) is 13.8 Å². The lowest BCUT2D eigenvalue weighted by atomic mass is 9.59. The number of hydrogen-bond acceptors (Lipinski definition) is 15. The summed E-state index contributed by atoms with van der Waals surface area (Å²) in [4.78, 5) is 47.4. The van der Waals surface area contributed by atoms with Crippen LogP contribution in [0.5, 0.6) is 17.4 Å². The number of aromatic amines is 1. The normalized spacial score (nSPS) is 21.3. The number of amides is 1. The first-order chi connectivity index (χ1) is 37.6. The van der Waals surface area contributed by atoms with Crippen LogP contribution in [-0.4, -0.2) is 112 Å². The number of nitrogens with one attached hydrogen (secondary N) is 3. The molecule has 6 aromatic rings. The number of piperidine rings is 1. The number of fused-ring (bicyclic) bond motifs is 1. The highest BCUT2D eigenvalue weighted by Crippen LogP contribution is 2.54. The van der Waals surface area contributed by atoms with Crippen LogP contribution in [0.1, 0.15) is 124 Å². The summed E-state index contributed by atoms with van der Waals surface area (Å²) < 4.78 is 85.2. The second kappa shape index (κ2) is 22.0. The monoisotopic (exact) mass is 1110 g/mol. The molecule has 4 aromatic heterocycles. The number of nitro groups is 1. The van der Waals surface area contributed by atoms with E-state index in [-0.39, 0.29) is 62.9 Å². The van der Waals surface area contributed by atoms with Crippen molar-refractivity contribution in [1.82, 2.24) is 34.5 Å². The Morgan fingerprint density at radius 2 is 1.75 bits per heavy atom. The summed E-state index contributed by atoms with van der Waals surface area (Å²) in [7, 11) is -3.42. The van der Waals surface area contributed by atoms with Gasteiger partial charge in [0.15, 0.2) is 5.75 Å². The Hall–Kier alpha value is -6.88. The number of pyridine rings is 3. The lowest BCUT2D eigenvalue weighted by Gasteiger charge is -2.58. The minimum absolute atomic E-state index is 0.0383. The second-order valence-corrected chi connectivity index (χ2v) is 24.3. The van der Waals surface area contributed by atoms with Gasteiger partial charge in [0.05, 0.1) is 34.8 Å². The van der Waals surface area contributed by atoms with Crippen LogP contribution in [0.3, 0.4) is 0 Å². The molecule has 2 aromatic carbocycles. The van der Waals surface area contributed by atoms with E-state index in [2.05, 4.69) is 78.1 Å². The quantitative estimate of drug-likeness (QED) is 0.0493. The van der Waals surface area contributed by atoms with Gasteiger partial charge in [0.2, 0.25) is 5.82 Å². The molecular formula is C57H67F3N10O8S. The molecule has 2 saturated heterocycles. The summed E-state index contributed by atoms with van der Waals surface area (Å²) >= 11 is 0. The van der Waals surface area contributed by atoms with E-state index in [4.69, 9.17) is 9.47 Å². The molecule has 22 heteroatoms. The van der Waals surface area contributed by atoms with Crippen molar-refractivity contribution in [2.24, 2.45) is 11.3 Å². The molecule has 2 aliphatic carbocycles. The number of carbonyl (C=O) groups is 1. The van der Waals surface area contributed by atoms with Gasteiger partial charge in [0, 0.05) is 101 Å². The zero-order valence-corrected chi connectivity index (χ0v) is 45.8. The van der Waals surface area contributed by atoms with E-state index in [0.717, 1.165) is 76.3 Å². The fraction of sp³-hybridized carbons (Fsp3) is 0.474. The lowest BCUT2D eigenvalue weighted by Crippen LogP contribution is -2.60. The topological polar surface area (TPSA) is 221 Å². The third-order valence-corrected chi connectivity index (χ3v) is 17.9. The molecule has 6 heterocycles. The van der Waals surface area contributed by atoms with E-state index in [0.29, 0.717) is 69.5 Å². The van der Waals surface area contributed by atoms with Crippen molar-refractivity contribution in [2.45, 2.75) is 120 Å². The van der Waals surface area contributed by atoms with Crippen molar-refractivity contribution in [2.75, 3.05) is 56.6 Å². The van der Waals surface area contributed by atoms with Crippen LogP contribution in [0.2, 0.25) is 0 Å². The molecule has 4 aliphatic rings. The molecule has 2 saturated carbocycles. The van der Waals surface area contributed by atoms with Crippen molar-refractivity contribution in [3.8, 4) is 17.4 Å². The number of alkyl halides is 2. The van der Waals surface area contributed by atoms with Crippen molar-refractivity contribution >= 4 is 44.2 Å². The number of piperazine rings is 1. The van der Waals surface area contributed by atoms with Crippen LogP contribution < -0.4 is 24.4 Å². The van der Waals surface area contributed by atoms with Crippen LogP contribution in [0.15, 0.2) is 90.2 Å². The van der Waals surface area contributed by atoms with E-state index >= 15 is 0 Å². The van der Waals surface area contributed by atoms with E-state index in [1.807, 2.05) is 10.8 Å². The predicted octanol–water partition coefficient (Wildman–Crippen LogP) is 10.2. The van der Waals surface area contributed by atoms with Gasteiger partial charge < -0.3 is 29.8 Å². The van der Waals surface area contributed by atoms with Gasteiger partial charge in [-0.1, -0.05) is 38.1 Å². The molecule has 1 atom stereocenters. The van der Waals surface area contributed by atoms with Crippen LogP contribution in [0, 0.1) is 27.3 Å². The molecule has 2 aliphatic heterocycles. The molecule has 0 unspecified atom stereocenters. The Kier molecular flexibility index (Phi) is 15.4. The zero-order valence-electron chi connectivity index (χ0n) is 45.0. The number of aromatic nitrogens is 4. The molecule has 1 spiro atoms. The van der Waals surface area contributed by atoms with Crippen LogP contribution in [0.25, 0.3) is 11.0 Å². The summed E-state index contributed by atoms with van der Waals surface area (Å²) in [6, 6.07) is 19.4. The Balaban J connectivity index is 0.856. The maximum absolute atomic E-state index is 14.9. The molecular weight excluding hydrogens is 1040 g/mol. The summed E-state index contributed by atoms with van der Waals surface area (Å²) in [5.74, 6) is -4.63. The Bertz CT molecular complexity index is 3350. The minimum Gasteiger partial charge on any atom is -0.478 e. The highest BCUT2D eigenvalue weighted by molar-refractivity contribution is 7.90. The van der Waals surface area contributed by atoms with E-state index in [9.17, 15) is 41.6 Å². The van der Waals surface area contributed by atoms with Crippen LogP contribution in [-0.2, 0) is 22.5 Å². The molecule has 0 bridgehead atoms. The van der Waals surface area contributed by atoms with Gasteiger partial charge in [0.1, 0.15) is 27.8 Å². The van der Waals surface area contributed by atoms with Gasteiger partial charge >= 0.3 is 5.69 Å². The van der Waals surface area contributed by atoms with Crippen molar-refractivity contribution in [3.05, 3.63) is 129 Å². The maximum Gasteiger partial charge on any atom is 0.312 e. The first-order valence-electron chi connectivity index (χ1n) is 26.9. The minimum atomic E-state index is -4.77. The smallest absolute Gasteiger partial charge is 0.312 e. The Morgan fingerprint density at radius 1 is 1.00 bits per heavy atom. The number of methoxy groups -OCH3 is 1. The molecule has 420 valence electrons. The third kappa shape index (κ3) is 12.0. The number of H-pyrrole nitrogens is 1. The summed E-state index contributed by atoms with van der Waals surface area (Å²) in [5, 5.41) is 25.6. The number of anilines is 2. The van der Waals surface area contributed by atoms with Gasteiger partial charge in [-0.15, -0.1) is 0 Å². The molecule has 79 heavy (non-hydrogen) atoms. The van der Waals surface area contributed by atoms with E-state index in [1.165, 1.54) is 42.6 Å². The van der Waals surface area contributed by atoms with Gasteiger partial charge in [-0.05, 0) is 116 Å². The van der Waals surface area contributed by atoms with Gasteiger partial charge in [-0.3, -0.25) is 29.7 Å². The zero-order chi connectivity index (χ0) is 56.0. The molecule has 1 amide bonds. The maximum atomic E-state index is 14.9. The number of halogens is 3. The summed E-state index contributed by atoms with van der Waals surface area (Å²) in [5.41, 5.74) is 2.56. The van der Waals surface area contributed by atoms with Gasteiger partial charge in [0.25, 0.3) is 27.7 Å². The fourth-order valence-corrected chi connectivity index (χ4v) is 13.0. The third-order valence-electron chi connectivity index (χ3n) is 16.6. The molecule has 10 rings (SSSR count). The van der Waals surface area contributed by atoms with Gasteiger partial charge in [-0.25, -0.2) is 22.5 Å². The number of nitrogens with zero attached hydrogens (tertiary/aromatic N) is 7. The molecule has 0 radical (unpaired) electrons. The Morgan fingerprint density at radius 3 is 2.46 bits per heavy atom. The molecule has 18 nitrogen and oxygen atoms in total. The highest BCUT2D eigenvalue weighted by Gasteiger charge is 2.50. The highest BCUT2D eigenvalue weighted by atomic mass is 32.2. The second-order valence-electron chi connectivity index (χ2n) is 22.6. The first-order valence-corrected chi connectivity index (χ1v) is 28.4. The fourth-order valence-electron chi connectivity index (χ4n) is 12.1. The summed E-state index contributed by atoms with van der Waals surface area (Å²) in [6.07, 6.45) is 9.89. The number of carbonyl (C=O) groups excluding carboxylic acids is 1. The average Bonchev–Trinajstić information content (AvgIpc) is 3.94. The van der Waals surface area contributed by atoms with Crippen molar-refractivity contribution < 1.29 is 45.9 Å². The largest absolute Gasteiger partial charge is 0.478 e. The standard InChI is InChI=1S/C57H67F3N10O8S/c1-35(2)41-8-6-7-9-42(41)47-34-67(33-37-14-19-61-50(24-37)56(4,59)60)22-23-69(47)39-28-57(29-39)17-20-68(21-18-57)38-10-11-43(48(25-38)78-49-27-44-45(58)32-64-51(44)65-54(49)77-5)53(71)66-79(75,76)40-26-46(70(73)74)52(63-31-40)62-30-36-12-15-55(3,72)16-13-36/h6-11,14,19,24-27,31-32,35-36,39,47,72H,12-13,15-18,20-23,28-30,33-34H2,1-5H3,(H,62,63)(H,64,65)(H,66,71)/t36?,47-,55?/m0/s1. The number of ether oxygens (including phenoxy) is 2. The van der Waals surface area contributed by atoms with Crippen molar-refractivity contribution in [1.29, 1.82) is 0 Å². The van der Waals surface area contributed by atoms with E-state index < -0.39 is 48.8 Å². The predicted molar refractivity (Wildman–Crippen MR) is 292 cm³/mol. The summed E-state index contributed by atoms with van der Waals surface area (Å²) in [6.45, 7) is 11.7. The van der Waals surface area contributed by atoms with Crippen molar-refractivity contribution in [3.63, 3.8) is 0 Å². The number of rotatable bonds is 17. The SMILES string of the molecule is COc1nc2[nH]cc(F)c2cc1Oc1cc(N2CCC3(CC2)CC(N2CCN(Cc4ccnc(C(C)(F)F)c4)C[C@H]2c2ccccc2C(C)C)C3)ccc1C(=O)NS(=O)(=O)c1cnc(NCC2CCC(C)(O)CC2)c([N+](=O)[O-])c1.